The van der Waals surface area contributed by atoms with Crippen LogP contribution in [0, 0.1) is 18.6 Å². The first kappa shape index (κ1) is 15.2. The van der Waals surface area contributed by atoms with Crippen molar-refractivity contribution >= 4 is 28.9 Å². The van der Waals surface area contributed by atoms with Gasteiger partial charge in [-0.1, -0.05) is 17.7 Å². The Hall–Kier alpha value is -2.18. The van der Waals surface area contributed by atoms with E-state index in [1.54, 1.807) is 12.1 Å². The third kappa shape index (κ3) is 3.29. The van der Waals surface area contributed by atoms with Crippen LogP contribution >= 0.6 is 11.6 Å². The predicted octanol–water partition coefficient (Wildman–Crippen LogP) is 3.46. The Kier molecular flexibility index (Phi) is 4.40. The maximum absolute atomic E-state index is 13.7. The SMILES string of the molecule is Cc1ccc(C(=O)Nc2c(F)cc(F)cc2Cl)c(NN)c1. The van der Waals surface area contributed by atoms with Crippen molar-refractivity contribution in [3.63, 3.8) is 0 Å². The first-order chi connectivity index (χ1) is 9.92. The number of nitrogen functional groups attached to an aromatic ring is 1. The van der Waals surface area contributed by atoms with Crippen LogP contribution in [0.25, 0.3) is 0 Å². The number of halogens is 3. The first-order valence-electron chi connectivity index (χ1n) is 5.95. The molecule has 0 heterocycles. The van der Waals surface area contributed by atoms with Crippen molar-refractivity contribution < 1.29 is 13.6 Å². The minimum Gasteiger partial charge on any atom is -0.323 e. The molecule has 4 N–H and O–H groups in total. The Morgan fingerprint density at radius 3 is 2.57 bits per heavy atom. The van der Waals surface area contributed by atoms with Crippen molar-refractivity contribution in [2.24, 2.45) is 5.84 Å². The number of nitrogens with one attached hydrogen (secondary N) is 2. The average Bonchev–Trinajstić information content (AvgIpc) is 2.42. The van der Waals surface area contributed by atoms with Crippen LogP contribution in [-0.2, 0) is 0 Å². The molecule has 2 aromatic carbocycles. The average molecular weight is 312 g/mol. The number of anilines is 2. The Morgan fingerprint density at radius 1 is 1.24 bits per heavy atom. The minimum absolute atomic E-state index is 0.211. The monoisotopic (exact) mass is 311 g/mol. The lowest BCUT2D eigenvalue weighted by atomic mass is 10.1. The van der Waals surface area contributed by atoms with Gasteiger partial charge in [-0.05, 0) is 30.7 Å². The number of hydrazine groups is 1. The van der Waals surface area contributed by atoms with E-state index in [9.17, 15) is 13.6 Å². The highest BCUT2D eigenvalue weighted by Gasteiger charge is 2.16. The largest absolute Gasteiger partial charge is 0.323 e. The number of carbonyl (C=O) groups is 1. The smallest absolute Gasteiger partial charge is 0.257 e. The third-order valence-corrected chi connectivity index (χ3v) is 3.12. The minimum atomic E-state index is -0.956. The van der Waals surface area contributed by atoms with Crippen molar-refractivity contribution in [2.45, 2.75) is 6.92 Å². The number of carbonyl (C=O) groups excluding carboxylic acids is 1. The molecule has 0 aromatic heterocycles. The molecule has 110 valence electrons. The molecule has 4 nitrogen and oxygen atoms in total. The Balaban J connectivity index is 2.35. The van der Waals surface area contributed by atoms with Crippen LogP contribution < -0.4 is 16.6 Å². The molecule has 0 aliphatic rings. The number of aryl methyl sites for hydroxylation is 1. The number of hydrogen-bond donors (Lipinski definition) is 3. The molecule has 0 aliphatic carbocycles. The molecule has 2 aromatic rings. The lowest BCUT2D eigenvalue weighted by molar-refractivity contribution is 0.102. The third-order valence-electron chi connectivity index (χ3n) is 2.82. The van der Waals surface area contributed by atoms with Crippen molar-refractivity contribution in [2.75, 3.05) is 10.7 Å². The highest BCUT2D eigenvalue weighted by molar-refractivity contribution is 6.34. The quantitative estimate of drug-likeness (QED) is 0.600. The van der Waals surface area contributed by atoms with Gasteiger partial charge in [-0.2, -0.15) is 0 Å². The second-order valence-corrected chi connectivity index (χ2v) is 4.80. The fraction of sp³-hybridized carbons (Fsp3) is 0.0714. The lowest BCUT2D eigenvalue weighted by Gasteiger charge is -2.12. The Bertz CT molecular complexity index is 684. The maximum atomic E-state index is 13.7. The summed E-state index contributed by atoms with van der Waals surface area (Å²) in [5.74, 6) is 2.96. The van der Waals surface area contributed by atoms with Gasteiger partial charge in [-0.25, -0.2) is 8.78 Å². The van der Waals surface area contributed by atoms with Gasteiger partial charge in [0.15, 0.2) is 5.82 Å². The summed E-state index contributed by atoms with van der Waals surface area (Å²) in [6, 6.07) is 6.46. The molecule has 0 saturated heterocycles. The van der Waals surface area contributed by atoms with Gasteiger partial charge < -0.3 is 10.7 Å². The van der Waals surface area contributed by atoms with Crippen molar-refractivity contribution in [3.05, 3.63) is 58.1 Å². The molecular formula is C14H12ClF2N3O. The first-order valence-corrected chi connectivity index (χ1v) is 6.33. The van der Waals surface area contributed by atoms with Gasteiger partial charge in [0.05, 0.1) is 22.0 Å². The molecular weight excluding hydrogens is 300 g/mol. The lowest BCUT2D eigenvalue weighted by Crippen LogP contribution is -2.18. The Labute approximate surface area is 124 Å². The zero-order valence-electron chi connectivity index (χ0n) is 11.0. The highest BCUT2D eigenvalue weighted by atomic mass is 35.5. The molecule has 0 bridgehead atoms. The van der Waals surface area contributed by atoms with Crippen LogP contribution in [0.4, 0.5) is 20.2 Å². The van der Waals surface area contributed by atoms with E-state index in [2.05, 4.69) is 10.7 Å². The molecule has 7 heteroatoms. The van der Waals surface area contributed by atoms with Gasteiger partial charge in [0.2, 0.25) is 0 Å². The van der Waals surface area contributed by atoms with Gasteiger partial charge in [0.25, 0.3) is 5.91 Å². The van der Waals surface area contributed by atoms with Gasteiger partial charge in [0, 0.05) is 6.07 Å². The van der Waals surface area contributed by atoms with E-state index in [1.807, 2.05) is 6.92 Å². The van der Waals surface area contributed by atoms with Gasteiger partial charge in [-0.3, -0.25) is 10.6 Å². The molecule has 2 rings (SSSR count). The second-order valence-electron chi connectivity index (χ2n) is 4.39. The predicted molar refractivity (Wildman–Crippen MR) is 78.3 cm³/mol. The topological polar surface area (TPSA) is 67.2 Å². The zero-order valence-corrected chi connectivity index (χ0v) is 11.8. The van der Waals surface area contributed by atoms with Gasteiger partial charge >= 0.3 is 0 Å². The molecule has 0 aliphatic heterocycles. The Morgan fingerprint density at radius 2 is 1.95 bits per heavy atom. The van der Waals surface area contributed by atoms with Crippen molar-refractivity contribution in [1.82, 2.24) is 0 Å². The summed E-state index contributed by atoms with van der Waals surface area (Å²) >= 11 is 5.73. The van der Waals surface area contributed by atoms with Crippen LogP contribution in [0.1, 0.15) is 15.9 Å². The number of amides is 1. The second kappa shape index (κ2) is 6.07. The maximum Gasteiger partial charge on any atom is 0.257 e. The molecule has 0 radical (unpaired) electrons. The molecule has 0 atom stereocenters. The fourth-order valence-corrected chi connectivity index (χ4v) is 2.06. The number of benzene rings is 2. The summed E-state index contributed by atoms with van der Waals surface area (Å²) in [6.07, 6.45) is 0. The van der Waals surface area contributed by atoms with Crippen LogP contribution in [0.5, 0.6) is 0 Å². The molecule has 1 amide bonds. The van der Waals surface area contributed by atoms with E-state index in [4.69, 9.17) is 17.4 Å². The van der Waals surface area contributed by atoms with Gasteiger partial charge in [-0.15, -0.1) is 0 Å². The summed E-state index contributed by atoms with van der Waals surface area (Å²) in [5, 5.41) is 2.08. The van der Waals surface area contributed by atoms with E-state index in [0.717, 1.165) is 11.6 Å². The summed E-state index contributed by atoms with van der Waals surface area (Å²) < 4.78 is 26.6. The molecule has 0 spiro atoms. The summed E-state index contributed by atoms with van der Waals surface area (Å²) in [5.41, 5.74) is 3.59. The van der Waals surface area contributed by atoms with Crippen LogP contribution in [0.2, 0.25) is 5.02 Å². The van der Waals surface area contributed by atoms with E-state index >= 15 is 0 Å². The molecule has 21 heavy (non-hydrogen) atoms. The summed E-state index contributed by atoms with van der Waals surface area (Å²) in [7, 11) is 0. The van der Waals surface area contributed by atoms with Crippen LogP contribution in [0.3, 0.4) is 0 Å². The summed E-state index contributed by atoms with van der Waals surface area (Å²) in [6.45, 7) is 1.83. The zero-order chi connectivity index (χ0) is 15.6. The molecule has 0 fully saturated rings. The normalized spacial score (nSPS) is 10.3. The number of hydrogen-bond acceptors (Lipinski definition) is 3. The molecule has 0 unspecified atom stereocenters. The van der Waals surface area contributed by atoms with Crippen molar-refractivity contribution in [1.29, 1.82) is 0 Å². The fourth-order valence-electron chi connectivity index (χ4n) is 1.82. The standard InChI is InChI=1S/C14H12ClF2N3O/c1-7-2-3-9(12(4-7)20-18)14(21)19-13-10(15)5-8(16)6-11(13)17/h2-6,20H,18H2,1H3,(H,19,21). The molecule has 0 saturated carbocycles. The summed E-state index contributed by atoms with van der Waals surface area (Å²) in [4.78, 5) is 12.2. The van der Waals surface area contributed by atoms with E-state index < -0.39 is 17.5 Å². The van der Waals surface area contributed by atoms with Crippen LogP contribution in [0.15, 0.2) is 30.3 Å². The van der Waals surface area contributed by atoms with E-state index in [0.29, 0.717) is 11.8 Å². The van der Waals surface area contributed by atoms with Gasteiger partial charge in [0.1, 0.15) is 5.82 Å². The number of nitrogens with two attached hydrogens (primary N) is 1. The highest BCUT2D eigenvalue weighted by Crippen LogP contribution is 2.27. The number of rotatable bonds is 3. The van der Waals surface area contributed by atoms with E-state index in [1.165, 1.54) is 6.07 Å². The van der Waals surface area contributed by atoms with E-state index in [-0.39, 0.29) is 16.3 Å². The van der Waals surface area contributed by atoms with Crippen LogP contribution in [-0.4, -0.2) is 5.91 Å². The van der Waals surface area contributed by atoms with Crippen molar-refractivity contribution in [3.8, 4) is 0 Å².